The van der Waals surface area contributed by atoms with E-state index in [1.165, 1.54) is 5.56 Å². The normalized spacial score (nSPS) is 18.8. The Labute approximate surface area is 141 Å². The molecule has 1 unspecified atom stereocenters. The number of benzene rings is 2. The van der Waals surface area contributed by atoms with Crippen LogP contribution in [0.2, 0.25) is 0 Å². The fourth-order valence-electron chi connectivity index (χ4n) is 3.41. The smallest absolute Gasteiger partial charge is 0.252 e. The standard InChI is InChI=1S/C20H21N3O/c24-20-17(12-16-8-4-5-9-18(16)22-20)13-23-11-10-21-19(14-23)15-6-2-1-3-7-15/h1-9,12,19,21H,10-11,13-14H2,(H,22,24). The van der Waals surface area contributed by atoms with Gasteiger partial charge in [0.2, 0.25) is 0 Å². The molecule has 2 aromatic carbocycles. The van der Waals surface area contributed by atoms with Crippen molar-refractivity contribution in [1.82, 2.24) is 15.2 Å². The first kappa shape index (κ1) is 15.1. The second-order valence-corrected chi connectivity index (χ2v) is 6.36. The molecule has 4 nitrogen and oxygen atoms in total. The summed E-state index contributed by atoms with van der Waals surface area (Å²) in [6.07, 6.45) is 0. The van der Waals surface area contributed by atoms with Gasteiger partial charge in [0, 0.05) is 43.3 Å². The van der Waals surface area contributed by atoms with Crippen LogP contribution in [0.3, 0.4) is 0 Å². The fourth-order valence-corrected chi connectivity index (χ4v) is 3.41. The van der Waals surface area contributed by atoms with E-state index in [-0.39, 0.29) is 5.56 Å². The molecule has 0 radical (unpaired) electrons. The molecule has 1 saturated heterocycles. The van der Waals surface area contributed by atoms with E-state index >= 15 is 0 Å². The number of fused-ring (bicyclic) bond motifs is 1. The van der Waals surface area contributed by atoms with Gasteiger partial charge in [-0.1, -0.05) is 48.5 Å². The van der Waals surface area contributed by atoms with E-state index in [4.69, 9.17) is 0 Å². The van der Waals surface area contributed by atoms with Crippen molar-refractivity contribution in [3.05, 3.63) is 82.1 Å². The Morgan fingerprint density at radius 2 is 1.83 bits per heavy atom. The van der Waals surface area contributed by atoms with Crippen molar-refractivity contribution in [1.29, 1.82) is 0 Å². The summed E-state index contributed by atoms with van der Waals surface area (Å²) in [5, 5.41) is 4.65. The molecule has 0 amide bonds. The van der Waals surface area contributed by atoms with Gasteiger partial charge in [-0.25, -0.2) is 0 Å². The number of hydrogen-bond donors (Lipinski definition) is 2. The Balaban J connectivity index is 1.55. The summed E-state index contributed by atoms with van der Waals surface area (Å²) in [5.41, 5.74) is 3.05. The van der Waals surface area contributed by atoms with E-state index < -0.39 is 0 Å². The number of H-pyrrole nitrogens is 1. The van der Waals surface area contributed by atoms with Crippen molar-refractivity contribution in [3.8, 4) is 0 Å². The Kier molecular flexibility index (Phi) is 4.15. The SMILES string of the molecule is O=c1[nH]c2ccccc2cc1CN1CCNC(c2ccccc2)C1. The topological polar surface area (TPSA) is 48.1 Å². The van der Waals surface area contributed by atoms with Gasteiger partial charge < -0.3 is 10.3 Å². The monoisotopic (exact) mass is 319 g/mol. The van der Waals surface area contributed by atoms with Gasteiger partial charge in [0.25, 0.3) is 5.56 Å². The molecule has 0 spiro atoms. The van der Waals surface area contributed by atoms with Gasteiger partial charge >= 0.3 is 0 Å². The molecule has 2 N–H and O–H groups in total. The number of piperazine rings is 1. The van der Waals surface area contributed by atoms with E-state index in [1.54, 1.807) is 0 Å². The Morgan fingerprint density at radius 3 is 2.71 bits per heavy atom. The van der Waals surface area contributed by atoms with Crippen molar-refractivity contribution in [2.45, 2.75) is 12.6 Å². The summed E-state index contributed by atoms with van der Waals surface area (Å²) in [5.74, 6) is 0. The van der Waals surface area contributed by atoms with Crippen molar-refractivity contribution < 1.29 is 0 Å². The van der Waals surface area contributed by atoms with Gasteiger partial charge in [-0.05, 0) is 23.1 Å². The third-order valence-corrected chi connectivity index (χ3v) is 4.69. The number of nitrogens with zero attached hydrogens (tertiary/aromatic N) is 1. The first-order valence-electron chi connectivity index (χ1n) is 8.41. The van der Waals surface area contributed by atoms with Crippen molar-refractivity contribution in [2.75, 3.05) is 19.6 Å². The van der Waals surface area contributed by atoms with E-state index in [9.17, 15) is 4.79 Å². The third-order valence-electron chi connectivity index (χ3n) is 4.69. The summed E-state index contributed by atoms with van der Waals surface area (Å²) in [6.45, 7) is 3.49. The lowest BCUT2D eigenvalue weighted by Crippen LogP contribution is -2.45. The van der Waals surface area contributed by atoms with Crippen LogP contribution in [0.15, 0.2) is 65.5 Å². The molecule has 4 rings (SSSR count). The summed E-state index contributed by atoms with van der Waals surface area (Å²) in [4.78, 5) is 17.7. The highest BCUT2D eigenvalue weighted by atomic mass is 16.1. The zero-order valence-corrected chi connectivity index (χ0v) is 13.5. The second kappa shape index (κ2) is 6.59. The molecule has 2 heterocycles. The molecule has 0 bridgehead atoms. The second-order valence-electron chi connectivity index (χ2n) is 6.36. The van der Waals surface area contributed by atoms with Crippen LogP contribution >= 0.6 is 0 Å². The number of pyridine rings is 1. The number of aromatic nitrogens is 1. The van der Waals surface area contributed by atoms with E-state index in [1.807, 2.05) is 36.4 Å². The average molecular weight is 319 g/mol. The summed E-state index contributed by atoms with van der Waals surface area (Å²) >= 11 is 0. The van der Waals surface area contributed by atoms with Crippen molar-refractivity contribution >= 4 is 10.9 Å². The first-order valence-corrected chi connectivity index (χ1v) is 8.41. The minimum atomic E-state index is 0.0171. The molecule has 1 aromatic heterocycles. The van der Waals surface area contributed by atoms with Crippen LogP contribution in [-0.4, -0.2) is 29.5 Å². The lowest BCUT2D eigenvalue weighted by atomic mass is 10.0. The number of para-hydroxylation sites is 1. The molecule has 1 aliphatic heterocycles. The lowest BCUT2D eigenvalue weighted by Gasteiger charge is -2.33. The molecule has 1 fully saturated rings. The molecule has 122 valence electrons. The minimum Gasteiger partial charge on any atom is -0.322 e. The predicted octanol–water partition coefficient (Wildman–Crippen LogP) is 2.67. The lowest BCUT2D eigenvalue weighted by molar-refractivity contribution is 0.192. The molecule has 0 saturated carbocycles. The van der Waals surface area contributed by atoms with Crippen LogP contribution < -0.4 is 10.9 Å². The fraction of sp³-hybridized carbons (Fsp3) is 0.250. The van der Waals surface area contributed by atoms with Gasteiger partial charge in [-0.15, -0.1) is 0 Å². The molecule has 24 heavy (non-hydrogen) atoms. The van der Waals surface area contributed by atoms with Crippen LogP contribution in [0.5, 0.6) is 0 Å². The highest BCUT2D eigenvalue weighted by Crippen LogP contribution is 2.18. The van der Waals surface area contributed by atoms with Gasteiger partial charge in [-0.3, -0.25) is 9.69 Å². The Hall–Kier alpha value is -2.43. The highest BCUT2D eigenvalue weighted by molar-refractivity contribution is 5.78. The third kappa shape index (κ3) is 3.11. The van der Waals surface area contributed by atoms with Crippen LogP contribution in [0, 0.1) is 0 Å². The quantitative estimate of drug-likeness (QED) is 0.780. The van der Waals surface area contributed by atoms with Crippen molar-refractivity contribution in [2.24, 2.45) is 0 Å². The van der Waals surface area contributed by atoms with Gasteiger partial charge in [-0.2, -0.15) is 0 Å². The minimum absolute atomic E-state index is 0.0171. The number of aromatic amines is 1. The zero-order chi connectivity index (χ0) is 16.4. The molecule has 3 aromatic rings. The molecular formula is C20H21N3O. The maximum Gasteiger partial charge on any atom is 0.252 e. The first-order chi connectivity index (χ1) is 11.8. The van der Waals surface area contributed by atoms with Gasteiger partial charge in [0.1, 0.15) is 0 Å². The van der Waals surface area contributed by atoms with Crippen LogP contribution in [0.1, 0.15) is 17.2 Å². The molecule has 1 aliphatic rings. The van der Waals surface area contributed by atoms with Crippen molar-refractivity contribution in [3.63, 3.8) is 0 Å². The molecular weight excluding hydrogens is 298 g/mol. The highest BCUT2D eigenvalue weighted by Gasteiger charge is 2.21. The average Bonchev–Trinajstić information content (AvgIpc) is 2.63. The largest absolute Gasteiger partial charge is 0.322 e. The number of nitrogens with one attached hydrogen (secondary N) is 2. The maximum absolute atomic E-state index is 12.4. The maximum atomic E-state index is 12.4. The van der Waals surface area contributed by atoms with Gasteiger partial charge in [0.15, 0.2) is 0 Å². The number of hydrogen-bond acceptors (Lipinski definition) is 3. The van der Waals surface area contributed by atoms with Crippen LogP contribution in [0.4, 0.5) is 0 Å². The molecule has 4 heteroatoms. The van der Waals surface area contributed by atoms with E-state index in [0.29, 0.717) is 12.6 Å². The Morgan fingerprint density at radius 1 is 1.04 bits per heavy atom. The summed E-state index contributed by atoms with van der Waals surface area (Å²) < 4.78 is 0. The van der Waals surface area contributed by atoms with Crippen LogP contribution in [0.25, 0.3) is 10.9 Å². The molecule has 1 atom stereocenters. The predicted molar refractivity (Wildman–Crippen MR) is 97.0 cm³/mol. The van der Waals surface area contributed by atoms with E-state index in [0.717, 1.165) is 36.1 Å². The zero-order valence-electron chi connectivity index (χ0n) is 13.5. The summed E-state index contributed by atoms with van der Waals surface area (Å²) in [6, 6.07) is 20.8. The van der Waals surface area contributed by atoms with Crippen LogP contribution in [-0.2, 0) is 6.54 Å². The number of rotatable bonds is 3. The summed E-state index contributed by atoms with van der Waals surface area (Å²) in [7, 11) is 0. The Bertz CT molecular complexity index is 888. The van der Waals surface area contributed by atoms with E-state index in [2.05, 4.69) is 39.5 Å². The van der Waals surface area contributed by atoms with Gasteiger partial charge in [0.05, 0.1) is 0 Å². The molecule has 0 aliphatic carbocycles.